The molecule has 0 spiro atoms. The summed E-state index contributed by atoms with van der Waals surface area (Å²) in [4.78, 5) is 38.2. The van der Waals surface area contributed by atoms with E-state index in [1.807, 2.05) is 31.2 Å². The molecule has 0 atom stereocenters. The number of rotatable bonds is 6. The summed E-state index contributed by atoms with van der Waals surface area (Å²) in [5.74, 6) is -0.222. The van der Waals surface area contributed by atoms with Crippen molar-refractivity contribution in [3.8, 4) is 5.75 Å². The number of hydrogen-bond donors (Lipinski definition) is 1. The van der Waals surface area contributed by atoms with Gasteiger partial charge >= 0.3 is 0 Å². The Kier molecular flexibility index (Phi) is 6.53. The average molecular weight is 461 g/mol. The summed E-state index contributed by atoms with van der Waals surface area (Å²) >= 11 is 4.18. The fourth-order valence-electron chi connectivity index (χ4n) is 2.49. The van der Waals surface area contributed by atoms with Gasteiger partial charge in [-0.3, -0.25) is 19.3 Å². The van der Waals surface area contributed by atoms with Gasteiger partial charge in [0.25, 0.3) is 11.1 Å². The van der Waals surface area contributed by atoms with Crippen LogP contribution in [0.4, 0.5) is 10.5 Å². The first-order valence-corrected chi connectivity index (χ1v) is 10.1. The maximum absolute atomic E-state index is 12.5. The molecule has 0 aromatic heterocycles. The van der Waals surface area contributed by atoms with Crippen molar-refractivity contribution in [2.75, 3.05) is 18.5 Å². The molecule has 6 nitrogen and oxygen atoms in total. The van der Waals surface area contributed by atoms with E-state index in [0.29, 0.717) is 22.9 Å². The third-order valence-corrected chi connectivity index (χ3v) is 5.23. The summed E-state index contributed by atoms with van der Waals surface area (Å²) in [6.45, 7) is 2.10. The van der Waals surface area contributed by atoms with E-state index in [0.717, 1.165) is 26.7 Å². The Morgan fingerprint density at radius 2 is 1.82 bits per heavy atom. The first kappa shape index (κ1) is 20.2. The fourth-order valence-corrected chi connectivity index (χ4v) is 3.59. The SMILES string of the molecule is CCOc1ccc(NC(=O)CN2C(=O)S/C(=C/c3ccc(Br)cc3)C2=O)cc1. The van der Waals surface area contributed by atoms with Crippen LogP contribution in [0.2, 0.25) is 0 Å². The molecule has 1 heterocycles. The lowest BCUT2D eigenvalue weighted by Crippen LogP contribution is -2.36. The summed E-state index contributed by atoms with van der Waals surface area (Å²) in [6, 6.07) is 14.2. The molecule has 1 aliphatic heterocycles. The maximum Gasteiger partial charge on any atom is 0.294 e. The molecular weight excluding hydrogens is 444 g/mol. The van der Waals surface area contributed by atoms with Crippen LogP contribution < -0.4 is 10.1 Å². The van der Waals surface area contributed by atoms with E-state index in [2.05, 4.69) is 21.2 Å². The summed E-state index contributed by atoms with van der Waals surface area (Å²) < 4.78 is 6.27. The topological polar surface area (TPSA) is 75.7 Å². The Labute approximate surface area is 175 Å². The molecule has 0 unspecified atom stereocenters. The molecule has 144 valence electrons. The Bertz CT molecular complexity index is 926. The summed E-state index contributed by atoms with van der Waals surface area (Å²) in [7, 11) is 0. The van der Waals surface area contributed by atoms with E-state index in [1.165, 1.54) is 0 Å². The number of nitrogens with zero attached hydrogens (tertiary/aromatic N) is 1. The maximum atomic E-state index is 12.5. The van der Waals surface area contributed by atoms with Crippen molar-refractivity contribution < 1.29 is 19.1 Å². The molecule has 28 heavy (non-hydrogen) atoms. The number of hydrogen-bond acceptors (Lipinski definition) is 5. The third kappa shape index (κ3) is 5.02. The number of thioether (sulfide) groups is 1. The van der Waals surface area contributed by atoms with E-state index in [4.69, 9.17) is 4.74 Å². The fraction of sp³-hybridized carbons (Fsp3) is 0.150. The molecule has 2 aromatic carbocycles. The van der Waals surface area contributed by atoms with E-state index in [-0.39, 0.29) is 6.54 Å². The van der Waals surface area contributed by atoms with Crippen molar-refractivity contribution >= 4 is 56.5 Å². The molecule has 3 amide bonds. The first-order valence-electron chi connectivity index (χ1n) is 8.50. The van der Waals surface area contributed by atoms with Gasteiger partial charge in [0.1, 0.15) is 12.3 Å². The van der Waals surface area contributed by atoms with Crippen LogP contribution in [0.25, 0.3) is 6.08 Å². The van der Waals surface area contributed by atoms with Crippen LogP contribution >= 0.6 is 27.7 Å². The van der Waals surface area contributed by atoms with E-state index >= 15 is 0 Å². The second-order valence-electron chi connectivity index (χ2n) is 5.82. The highest BCUT2D eigenvalue weighted by Gasteiger charge is 2.36. The number of anilines is 1. The highest BCUT2D eigenvalue weighted by Crippen LogP contribution is 2.32. The number of ether oxygens (including phenoxy) is 1. The summed E-state index contributed by atoms with van der Waals surface area (Å²) in [5, 5.41) is 2.21. The second-order valence-corrected chi connectivity index (χ2v) is 7.73. The van der Waals surface area contributed by atoms with Gasteiger partial charge in [-0.2, -0.15) is 0 Å². The van der Waals surface area contributed by atoms with E-state index in [9.17, 15) is 14.4 Å². The molecule has 0 saturated carbocycles. The highest BCUT2D eigenvalue weighted by atomic mass is 79.9. The van der Waals surface area contributed by atoms with Crippen LogP contribution in [0.15, 0.2) is 57.9 Å². The van der Waals surface area contributed by atoms with Crippen molar-refractivity contribution in [3.63, 3.8) is 0 Å². The van der Waals surface area contributed by atoms with Gasteiger partial charge in [0.2, 0.25) is 5.91 Å². The number of nitrogens with one attached hydrogen (secondary N) is 1. The molecule has 3 rings (SSSR count). The molecule has 8 heteroatoms. The van der Waals surface area contributed by atoms with Crippen LogP contribution in [0.5, 0.6) is 5.75 Å². The Balaban J connectivity index is 1.63. The van der Waals surface area contributed by atoms with E-state index in [1.54, 1.807) is 30.3 Å². The van der Waals surface area contributed by atoms with Crippen molar-refractivity contribution in [2.45, 2.75) is 6.92 Å². The normalized spacial score (nSPS) is 15.2. The zero-order chi connectivity index (χ0) is 20.1. The van der Waals surface area contributed by atoms with Gasteiger partial charge < -0.3 is 10.1 Å². The number of halogens is 1. The van der Waals surface area contributed by atoms with Gasteiger partial charge in [0.05, 0.1) is 11.5 Å². The number of imide groups is 1. The Morgan fingerprint density at radius 1 is 1.14 bits per heavy atom. The largest absolute Gasteiger partial charge is 0.494 e. The quantitative estimate of drug-likeness (QED) is 0.641. The molecule has 0 radical (unpaired) electrons. The van der Waals surface area contributed by atoms with Gasteiger partial charge in [0.15, 0.2) is 0 Å². The zero-order valence-corrected chi connectivity index (χ0v) is 17.4. The number of amides is 3. The van der Waals surface area contributed by atoms with Gasteiger partial charge in [-0.15, -0.1) is 0 Å². The lowest BCUT2D eigenvalue weighted by atomic mass is 10.2. The average Bonchev–Trinajstić information content (AvgIpc) is 2.93. The minimum atomic E-state index is -0.472. The van der Waals surface area contributed by atoms with Crippen LogP contribution in [-0.2, 0) is 9.59 Å². The zero-order valence-electron chi connectivity index (χ0n) is 15.0. The lowest BCUT2D eigenvalue weighted by molar-refractivity contribution is -0.127. The van der Waals surface area contributed by atoms with Crippen LogP contribution in [0.1, 0.15) is 12.5 Å². The second kappa shape index (κ2) is 9.07. The molecule has 1 N–H and O–H groups in total. The molecule has 2 aromatic rings. The minimum Gasteiger partial charge on any atom is -0.494 e. The number of carbonyl (C=O) groups excluding carboxylic acids is 3. The predicted octanol–water partition coefficient (Wildman–Crippen LogP) is 4.52. The Morgan fingerprint density at radius 3 is 2.46 bits per heavy atom. The molecule has 0 bridgehead atoms. The summed E-state index contributed by atoms with van der Waals surface area (Å²) in [5.41, 5.74) is 1.36. The monoisotopic (exact) mass is 460 g/mol. The molecule has 1 saturated heterocycles. The standard InChI is InChI=1S/C20H17BrN2O4S/c1-2-27-16-9-7-15(8-10-16)22-18(24)12-23-19(25)17(28-20(23)26)11-13-3-5-14(21)6-4-13/h3-11H,2,12H2,1H3,(H,22,24)/b17-11+. The molecular formula is C20H17BrN2O4S. The molecule has 1 fully saturated rings. The van der Waals surface area contributed by atoms with Crippen molar-refractivity contribution in [2.24, 2.45) is 0 Å². The smallest absolute Gasteiger partial charge is 0.294 e. The number of benzene rings is 2. The first-order chi connectivity index (χ1) is 13.5. The summed E-state index contributed by atoms with van der Waals surface area (Å²) in [6.07, 6.45) is 1.64. The van der Waals surface area contributed by atoms with Gasteiger partial charge in [-0.1, -0.05) is 28.1 Å². The van der Waals surface area contributed by atoms with Gasteiger partial charge in [-0.25, -0.2) is 0 Å². The minimum absolute atomic E-state index is 0.293. The van der Waals surface area contributed by atoms with Crippen molar-refractivity contribution in [1.82, 2.24) is 4.90 Å². The van der Waals surface area contributed by atoms with Gasteiger partial charge in [0, 0.05) is 10.2 Å². The van der Waals surface area contributed by atoms with E-state index < -0.39 is 17.1 Å². The van der Waals surface area contributed by atoms with Crippen LogP contribution in [0, 0.1) is 0 Å². The molecule has 1 aliphatic rings. The van der Waals surface area contributed by atoms with Gasteiger partial charge in [-0.05, 0) is 66.7 Å². The predicted molar refractivity (Wildman–Crippen MR) is 113 cm³/mol. The van der Waals surface area contributed by atoms with Crippen molar-refractivity contribution in [1.29, 1.82) is 0 Å². The lowest BCUT2D eigenvalue weighted by Gasteiger charge is -2.12. The number of carbonyl (C=O) groups is 3. The van der Waals surface area contributed by atoms with Crippen LogP contribution in [-0.4, -0.2) is 35.1 Å². The van der Waals surface area contributed by atoms with Crippen molar-refractivity contribution in [3.05, 3.63) is 63.5 Å². The third-order valence-electron chi connectivity index (χ3n) is 3.79. The highest BCUT2D eigenvalue weighted by molar-refractivity contribution is 9.10. The molecule has 0 aliphatic carbocycles. The van der Waals surface area contributed by atoms with Crippen LogP contribution in [0.3, 0.4) is 0 Å². The Hall–Kier alpha value is -2.58.